The highest BCUT2D eigenvalue weighted by Crippen LogP contribution is 2.25. The van der Waals surface area contributed by atoms with Gasteiger partial charge in [-0.15, -0.1) is 0 Å². The molecule has 0 saturated carbocycles. The number of aromatic nitrogens is 2. The van der Waals surface area contributed by atoms with Crippen LogP contribution >= 0.6 is 11.8 Å². The van der Waals surface area contributed by atoms with Gasteiger partial charge < -0.3 is 0 Å². The Morgan fingerprint density at radius 1 is 0.967 bits per heavy atom. The molecule has 0 unspecified atom stereocenters. The molecule has 30 heavy (non-hydrogen) atoms. The molecule has 0 spiro atoms. The lowest BCUT2D eigenvalue weighted by Gasteiger charge is -2.15. The minimum atomic E-state index is -0.345. The van der Waals surface area contributed by atoms with Crippen LogP contribution in [-0.4, -0.2) is 14.8 Å². The van der Waals surface area contributed by atoms with Crippen LogP contribution in [0.1, 0.15) is 16.7 Å². The van der Waals surface area contributed by atoms with Gasteiger partial charge in [0.15, 0.2) is 5.16 Å². The Balaban J connectivity index is 1.72. The zero-order valence-electron chi connectivity index (χ0n) is 16.7. The molecule has 1 aromatic heterocycles. The first-order valence-corrected chi connectivity index (χ1v) is 10.7. The predicted molar refractivity (Wildman–Crippen MR) is 122 cm³/mol. The van der Waals surface area contributed by atoms with Gasteiger partial charge in [0.1, 0.15) is 5.25 Å². The van der Waals surface area contributed by atoms with E-state index in [1.54, 1.807) is 10.6 Å². The summed E-state index contributed by atoms with van der Waals surface area (Å²) in [6, 6.07) is 27.8. The maximum atomic E-state index is 13.2. The molecule has 5 heteroatoms. The van der Waals surface area contributed by atoms with E-state index >= 15 is 0 Å². The number of benzene rings is 3. The third-order valence-electron chi connectivity index (χ3n) is 4.94. The summed E-state index contributed by atoms with van der Waals surface area (Å²) in [4.78, 5) is 18.0. The minimum absolute atomic E-state index is 0.0843. The maximum absolute atomic E-state index is 13.2. The second-order valence-electron chi connectivity index (χ2n) is 7.21. The van der Waals surface area contributed by atoms with Crippen molar-refractivity contribution in [2.45, 2.75) is 30.3 Å². The lowest BCUT2D eigenvalue weighted by Crippen LogP contribution is -2.25. The number of thioether (sulfide) groups is 1. The molecule has 0 aliphatic carbocycles. The zero-order chi connectivity index (χ0) is 20.9. The number of para-hydroxylation sites is 1. The van der Waals surface area contributed by atoms with Crippen molar-refractivity contribution in [3.8, 4) is 6.07 Å². The van der Waals surface area contributed by atoms with Crippen LogP contribution in [0.2, 0.25) is 0 Å². The summed E-state index contributed by atoms with van der Waals surface area (Å²) in [6.45, 7) is 2.46. The number of fused-ring (bicyclic) bond motifs is 1. The van der Waals surface area contributed by atoms with Crippen molar-refractivity contribution >= 4 is 22.7 Å². The summed E-state index contributed by atoms with van der Waals surface area (Å²) >= 11 is 1.35. The van der Waals surface area contributed by atoms with E-state index in [0.29, 0.717) is 29.0 Å². The molecule has 0 aliphatic heterocycles. The van der Waals surface area contributed by atoms with Crippen molar-refractivity contribution in [2.24, 2.45) is 0 Å². The monoisotopic (exact) mass is 411 g/mol. The van der Waals surface area contributed by atoms with E-state index in [1.807, 2.05) is 79.7 Å². The fraction of sp³-hybridized carbons (Fsp3) is 0.160. The molecule has 1 atom stereocenters. The van der Waals surface area contributed by atoms with E-state index in [0.717, 1.165) is 11.1 Å². The van der Waals surface area contributed by atoms with Gasteiger partial charge in [-0.3, -0.25) is 9.36 Å². The third-order valence-corrected chi connectivity index (χ3v) is 6.02. The SMILES string of the molecule is Cc1ccc(C[C@@H](C#N)Sc2nc3ccccc3c(=O)n2Cc2ccccc2)cc1. The van der Waals surface area contributed by atoms with E-state index in [9.17, 15) is 10.1 Å². The van der Waals surface area contributed by atoms with Gasteiger partial charge >= 0.3 is 0 Å². The van der Waals surface area contributed by atoms with Crippen LogP contribution in [0.5, 0.6) is 0 Å². The molecular weight excluding hydrogens is 390 g/mol. The highest BCUT2D eigenvalue weighted by molar-refractivity contribution is 8.00. The topological polar surface area (TPSA) is 58.7 Å². The standard InChI is InChI=1S/C25H21N3OS/c1-18-11-13-19(14-12-18)15-21(16-26)30-25-27-23-10-6-5-9-22(23)24(29)28(25)17-20-7-3-2-4-8-20/h2-14,21H,15,17H2,1H3/t21-/m0/s1. The molecule has 0 fully saturated rings. The molecule has 0 radical (unpaired) electrons. The van der Waals surface area contributed by atoms with Crippen LogP contribution in [0.3, 0.4) is 0 Å². The zero-order valence-corrected chi connectivity index (χ0v) is 17.5. The summed E-state index contributed by atoms with van der Waals surface area (Å²) in [5.74, 6) is 0. The van der Waals surface area contributed by atoms with E-state index in [4.69, 9.17) is 4.98 Å². The van der Waals surface area contributed by atoms with Crippen LogP contribution in [0.4, 0.5) is 0 Å². The first kappa shape index (κ1) is 19.9. The van der Waals surface area contributed by atoms with Crippen molar-refractivity contribution in [1.29, 1.82) is 5.26 Å². The fourth-order valence-corrected chi connectivity index (χ4v) is 4.33. The molecule has 0 aliphatic rings. The van der Waals surface area contributed by atoms with Gasteiger partial charge in [-0.2, -0.15) is 5.26 Å². The van der Waals surface area contributed by atoms with Crippen LogP contribution < -0.4 is 5.56 Å². The average Bonchev–Trinajstić information content (AvgIpc) is 2.78. The third kappa shape index (κ3) is 4.45. The molecule has 4 rings (SSSR count). The lowest BCUT2D eigenvalue weighted by atomic mass is 10.1. The first-order chi connectivity index (χ1) is 14.6. The Labute approximate surface area is 179 Å². The van der Waals surface area contributed by atoms with Crippen molar-refractivity contribution in [2.75, 3.05) is 0 Å². The highest BCUT2D eigenvalue weighted by Gasteiger charge is 2.18. The number of hydrogen-bond donors (Lipinski definition) is 0. The van der Waals surface area contributed by atoms with Crippen molar-refractivity contribution in [3.63, 3.8) is 0 Å². The van der Waals surface area contributed by atoms with Gasteiger partial charge in [0.25, 0.3) is 5.56 Å². The van der Waals surface area contributed by atoms with Gasteiger partial charge in [0.05, 0.1) is 23.5 Å². The number of hydrogen-bond acceptors (Lipinski definition) is 4. The van der Waals surface area contributed by atoms with E-state index in [1.165, 1.54) is 17.3 Å². The van der Waals surface area contributed by atoms with E-state index in [2.05, 4.69) is 6.07 Å². The summed E-state index contributed by atoms with van der Waals surface area (Å²) in [7, 11) is 0. The van der Waals surface area contributed by atoms with Crippen LogP contribution in [-0.2, 0) is 13.0 Å². The van der Waals surface area contributed by atoms with Crippen molar-refractivity contribution in [3.05, 3.63) is 106 Å². The summed E-state index contributed by atoms with van der Waals surface area (Å²) in [6.07, 6.45) is 0.593. The second kappa shape index (κ2) is 8.98. The molecule has 0 saturated heterocycles. The summed E-state index contributed by atoms with van der Waals surface area (Å²) < 4.78 is 1.68. The number of nitrogens with zero attached hydrogens (tertiary/aromatic N) is 3. The molecule has 0 N–H and O–H groups in total. The van der Waals surface area contributed by atoms with Gasteiger partial charge in [-0.1, -0.05) is 84.1 Å². The number of nitriles is 1. The molecule has 4 aromatic rings. The Kier molecular flexibility index (Phi) is 5.97. The molecule has 0 bridgehead atoms. The van der Waals surface area contributed by atoms with E-state index < -0.39 is 0 Å². The Hall–Kier alpha value is -3.36. The second-order valence-corrected chi connectivity index (χ2v) is 8.38. The van der Waals surface area contributed by atoms with Gasteiger partial charge in [-0.05, 0) is 36.6 Å². The molecule has 1 heterocycles. The molecule has 3 aromatic carbocycles. The van der Waals surface area contributed by atoms with Crippen LogP contribution in [0.15, 0.2) is 88.8 Å². The first-order valence-electron chi connectivity index (χ1n) is 9.79. The largest absolute Gasteiger partial charge is 0.283 e. The predicted octanol–water partition coefficient (Wildman–Crippen LogP) is 4.98. The molecule has 0 amide bonds. The minimum Gasteiger partial charge on any atom is -0.283 e. The Morgan fingerprint density at radius 3 is 2.40 bits per heavy atom. The van der Waals surface area contributed by atoms with Crippen molar-refractivity contribution < 1.29 is 0 Å². The smallest absolute Gasteiger partial charge is 0.262 e. The van der Waals surface area contributed by atoms with Gasteiger partial charge in [0, 0.05) is 0 Å². The van der Waals surface area contributed by atoms with E-state index in [-0.39, 0.29) is 10.8 Å². The molecule has 148 valence electrons. The number of rotatable bonds is 6. The highest BCUT2D eigenvalue weighted by atomic mass is 32.2. The fourth-order valence-electron chi connectivity index (χ4n) is 3.32. The normalized spacial score (nSPS) is 11.9. The molecule has 4 nitrogen and oxygen atoms in total. The van der Waals surface area contributed by atoms with Gasteiger partial charge in [-0.25, -0.2) is 4.98 Å². The lowest BCUT2D eigenvalue weighted by molar-refractivity contribution is 0.657. The van der Waals surface area contributed by atoms with Gasteiger partial charge in [0.2, 0.25) is 0 Å². The summed E-state index contributed by atoms with van der Waals surface area (Å²) in [5.41, 5.74) is 3.87. The summed E-state index contributed by atoms with van der Waals surface area (Å²) in [5, 5.41) is 10.6. The Morgan fingerprint density at radius 2 is 1.67 bits per heavy atom. The Bertz CT molecular complexity index is 1260. The van der Waals surface area contributed by atoms with Crippen LogP contribution in [0, 0.1) is 18.3 Å². The van der Waals surface area contributed by atoms with Crippen LogP contribution in [0.25, 0.3) is 10.9 Å². The quantitative estimate of drug-likeness (QED) is 0.332. The number of aryl methyl sites for hydroxylation is 1. The average molecular weight is 412 g/mol. The maximum Gasteiger partial charge on any atom is 0.262 e. The molecular formula is C25H21N3OS. The van der Waals surface area contributed by atoms with Crippen molar-refractivity contribution in [1.82, 2.24) is 9.55 Å².